The molecule has 4 N–H and O–H groups in total. The van der Waals surface area contributed by atoms with Crippen LogP contribution < -0.4 is 16.4 Å². The van der Waals surface area contributed by atoms with Gasteiger partial charge in [-0.05, 0) is 70.1 Å². The van der Waals surface area contributed by atoms with Gasteiger partial charge >= 0.3 is 0 Å². The third kappa shape index (κ3) is 4.59. The van der Waals surface area contributed by atoms with Crippen LogP contribution in [0.15, 0.2) is 36.5 Å². The van der Waals surface area contributed by atoms with Gasteiger partial charge in [-0.15, -0.1) is 0 Å². The Hall–Kier alpha value is -2.68. The van der Waals surface area contributed by atoms with Crippen LogP contribution in [0.3, 0.4) is 0 Å². The molecule has 146 valence electrons. The van der Waals surface area contributed by atoms with Gasteiger partial charge in [0.2, 0.25) is 5.91 Å². The number of carbonyl (C=O) groups is 1. The third-order valence-electron chi connectivity index (χ3n) is 5.66. The molecular formula is C23H28N4O. The van der Waals surface area contributed by atoms with Crippen LogP contribution in [0.1, 0.15) is 57.9 Å². The lowest BCUT2D eigenvalue weighted by Gasteiger charge is -2.35. The summed E-state index contributed by atoms with van der Waals surface area (Å²) in [6, 6.07) is 10.4. The molecule has 0 bridgehead atoms. The molecule has 1 aromatic heterocycles. The van der Waals surface area contributed by atoms with Gasteiger partial charge < -0.3 is 16.4 Å². The number of aromatic nitrogens is 1. The average molecular weight is 377 g/mol. The number of nitrogens with one attached hydrogen (secondary N) is 2. The van der Waals surface area contributed by atoms with Crippen molar-refractivity contribution >= 4 is 5.91 Å². The lowest BCUT2D eigenvalue weighted by molar-refractivity contribution is 0.100. The molecule has 1 aliphatic rings. The molecule has 5 nitrogen and oxygen atoms in total. The third-order valence-corrected chi connectivity index (χ3v) is 5.66. The van der Waals surface area contributed by atoms with Crippen molar-refractivity contribution in [3.8, 4) is 11.8 Å². The molecule has 3 atom stereocenters. The normalized spacial score (nSPS) is 21.6. The minimum absolute atomic E-state index is 0.443. The summed E-state index contributed by atoms with van der Waals surface area (Å²) < 4.78 is 0. The summed E-state index contributed by atoms with van der Waals surface area (Å²) in [6.07, 6.45) is 5.21. The Labute approximate surface area is 167 Å². The number of aryl methyl sites for hydroxylation is 1. The maximum Gasteiger partial charge on any atom is 0.248 e. The van der Waals surface area contributed by atoms with Gasteiger partial charge in [0.15, 0.2) is 0 Å². The zero-order valence-electron chi connectivity index (χ0n) is 16.8. The summed E-state index contributed by atoms with van der Waals surface area (Å²) >= 11 is 0. The van der Waals surface area contributed by atoms with Crippen LogP contribution in [0.2, 0.25) is 0 Å². The SMILES string of the molecule is CN[C@@H]1CCC(c2ccc(C#Cc3cc(C(N)=O)ccc3C)cn2)C[C@H]1NC. The number of benzene rings is 1. The molecule has 1 unspecified atom stereocenters. The molecule has 0 saturated heterocycles. The fraction of sp³-hybridized carbons (Fsp3) is 0.391. The highest BCUT2D eigenvalue weighted by molar-refractivity contribution is 5.93. The van der Waals surface area contributed by atoms with Crippen molar-refractivity contribution in [1.82, 2.24) is 15.6 Å². The molecule has 2 aromatic rings. The molecule has 5 heteroatoms. The number of hydrogen-bond acceptors (Lipinski definition) is 4. The van der Waals surface area contributed by atoms with E-state index in [1.807, 2.05) is 39.3 Å². The number of primary amides is 1. The molecular weight excluding hydrogens is 348 g/mol. The Kier molecular flexibility index (Phi) is 6.45. The van der Waals surface area contributed by atoms with Gasteiger partial charge in [0, 0.05) is 46.6 Å². The Morgan fingerprint density at radius 2 is 1.89 bits per heavy atom. The van der Waals surface area contributed by atoms with Gasteiger partial charge in [0.25, 0.3) is 0 Å². The summed E-state index contributed by atoms with van der Waals surface area (Å²) in [7, 11) is 4.06. The van der Waals surface area contributed by atoms with Gasteiger partial charge in [-0.3, -0.25) is 9.78 Å². The Balaban J connectivity index is 1.74. The highest BCUT2D eigenvalue weighted by Crippen LogP contribution is 2.32. The van der Waals surface area contributed by atoms with Gasteiger partial charge in [0.1, 0.15) is 0 Å². The zero-order valence-corrected chi connectivity index (χ0v) is 16.8. The predicted molar refractivity (Wildman–Crippen MR) is 112 cm³/mol. The molecule has 0 radical (unpaired) electrons. The standard InChI is InChI=1S/C23H28N4O/c1-15-4-7-19(23(24)28)12-17(15)8-5-16-6-10-20(27-14-16)18-9-11-21(25-2)22(13-18)26-3/h4,6-7,10,12,14,18,21-22,25-26H,9,11,13H2,1-3H3,(H2,24,28)/t18?,21-,22-/m1/s1. The summed E-state index contributed by atoms with van der Waals surface area (Å²) in [5.74, 6) is 6.31. The van der Waals surface area contributed by atoms with Crippen molar-refractivity contribution in [2.75, 3.05) is 14.1 Å². The number of pyridine rings is 1. The van der Waals surface area contributed by atoms with Gasteiger partial charge in [0.05, 0.1) is 0 Å². The van der Waals surface area contributed by atoms with Crippen molar-refractivity contribution in [3.63, 3.8) is 0 Å². The Morgan fingerprint density at radius 1 is 1.11 bits per heavy atom. The lowest BCUT2D eigenvalue weighted by Crippen LogP contribution is -2.48. The molecule has 1 aliphatic carbocycles. The van der Waals surface area contributed by atoms with Crippen molar-refractivity contribution in [2.45, 2.75) is 44.2 Å². The lowest BCUT2D eigenvalue weighted by atomic mass is 9.80. The van der Waals surface area contributed by atoms with Crippen molar-refractivity contribution in [3.05, 3.63) is 64.5 Å². The number of nitrogens with zero attached hydrogens (tertiary/aromatic N) is 1. The van der Waals surface area contributed by atoms with E-state index < -0.39 is 5.91 Å². The van der Waals surface area contributed by atoms with E-state index in [0.717, 1.165) is 41.6 Å². The molecule has 0 aliphatic heterocycles. The fourth-order valence-corrected chi connectivity index (χ4v) is 3.87. The minimum Gasteiger partial charge on any atom is -0.366 e. The summed E-state index contributed by atoms with van der Waals surface area (Å²) in [4.78, 5) is 16.0. The van der Waals surface area contributed by atoms with Crippen LogP contribution in [0, 0.1) is 18.8 Å². The topological polar surface area (TPSA) is 80.0 Å². The molecule has 1 aromatic carbocycles. The quantitative estimate of drug-likeness (QED) is 0.716. The van der Waals surface area contributed by atoms with Gasteiger partial charge in [-0.25, -0.2) is 0 Å². The first-order valence-corrected chi connectivity index (χ1v) is 9.74. The smallest absolute Gasteiger partial charge is 0.248 e. The number of rotatable bonds is 4. The van der Waals surface area contributed by atoms with Crippen molar-refractivity contribution < 1.29 is 4.79 Å². The number of carbonyl (C=O) groups excluding carboxylic acids is 1. The van der Waals surface area contributed by atoms with Crippen LogP contribution in [0.25, 0.3) is 0 Å². The second-order valence-electron chi connectivity index (χ2n) is 7.42. The van der Waals surface area contributed by atoms with E-state index >= 15 is 0 Å². The van der Waals surface area contributed by atoms with E-state index in [1.165, 1.54) is 0 Å². The molecule has 3 rings (SSSR count). The highest BCUT2D eigenvalue weighted by atomic mass is 16.1. The minimum atomic E-state index is -0.443. The van der Waals surface area contributed by atoms with E-state index in [0.29, 0.717) is 23.6 Å². The number of hydrogen-bond donors (Lipinski definition) is 3. The van der Waals surface area contributed by atoms with Crippen LogP contribution in [-0.4, -0.2) is 37.1 Å². The Bertz CT molecular complexity index is 895. The molecule has 1 amide bonds. The van der Waals surface area contributed by atoms with Crippen molar-refractivity contribution in [1.29, 1.82) is 0 Å². The van der Waals surface area contributed by atoms with Crippen LogP contribution in [0.4, 0.5) is 0 Å². The predicted octanol–water partition coefficient (Wildman–Crippen LogP) is 2.33. The number of amides is 1. The van der Waals surface area contributed by atoms with Crippen LogP contribution >= 0.6 is 0 Å². The van der Waals surface area contributed by atoms with Gasteiger partial charge in [-0.2, -0.15) is 0 Å². The van der Waals surface area contributed by atoms with E-state index in [9.17, 15) is 4.79 Å². The van der Waals surface area contributed by atoms with Crippen LogP contribution in [-0.2, 0) is 0 Å². The first kappa shape index (κ1) is 20.1. The number of likely N-dealkylation sites (N-methyl/N-ethyl adjacent to an activating group) is 2. The second kappa shape index (κ2) is 9.01. The summed E-state index contributed by atoms with van der Waals surface area (Å²) in [6.45, 7) is 1.97. The first-order chi connectivity index (χ1) is 13.5. The molecule has 0 spiro atoms. The van der Waals surface area contributed by atoms with E-state index in [2.05, 4.69) is 33.5 Å². The fourth-order valence-electron chi connectivity index (χ4n) is 3.87. The second-order valence-corrected chi connectivity index (χ2v) is 7.42. The molecule has 1 saturated carbocycles. The van der Waals surface area contributed by atoms with E-state index in [-0.39, 0.29) is 0 Å². The monoisotopic (exact) mass is 376 g/mol. The maximum atomic E-state index is 11.4. The largest absolute Gasteiger partial charge is 0.366 e. The Morgan fingerprint density at radius 3 is 2.54 bits per heavy atom. The zero-order chi connectivity index (χ0) is 20.1. The average Bonchev–Trinajstić information content (AvgIpc) is 2.72. The summed E-state index contributed by atoms with van der Waals surface area (Å²) in [5, 5.41) is 6.83. The maximum absolute atomic E-state index is 11.4. The van der Waals surface area contributed by atoms with E-state index in [4.69, 9.17) is 5.73 Å². The molecule has 1 fully saturated rings. The van der Waals surface area contributed by atoms with Gasteiger partial charge in [-0.1, -0.05) is 17.9 Å². The van der Waals surface area contributed by atoms with Crippen LogP contribution in [0.5, 0.6) is 0 Å². The number of nitrogens with two attached hydrogens (primary N) is 1. The van der Waals surface area contributed by atoms with Crippen molar-refractivity contribution in [2.24, 2.45) is 5.73 Å². The molecule has 1 heterocycles. The summed E-state index contributed by atoms with van der Waals surface area (Å²) in [5.41, 5.74) is 9.65. The molecule has 28 heavy (non-hydrogen) atoms. The highest BCUT2D eigenvalue weighted by Gasteiger charge is 2.29. The first-order valence-electron chi connectivity index (χ1n) is 9.74. The van der Waals surface area contributed by atoms with E-state index in [1.54, 1.807) is 12.1 Å².